The van der Waals surface area contributed by atoms with E-state index in [-0.39, 0.29) is 11.3 Å². The quantitative estimate of drug-likeness (QED) is 0.489. The molecule has 1 saturated carbocycles. The van der Waals surface area contributed by atoms with Crippen molar-refractivity contribution in [1.29, 1.82) is 0 Å². The monoisotopic (exact) mass is 343 g/mol. The molecule has 3 aromatic rings. The van der Waals surface area contributed by atoms with Crippen LogP contribution in [0.4, 0.5) is 20.3 Å². The fraction of sp³-hybridized carbons (Fsp3) is 0.235. The van der Waals surface area contributed by atoms with E-state index in [2.05, 4.69) is 20.3 Å². The molecule has 1 aliphatic rings. The molecule has 1 aliphatic carbocycles. The zero-order chi connectivity index (χ0) is 17.6. The Morgan fingerprint density at radius 3 is 2.88 bits per heavy atom. The molecule has 0 aliphatic heterocycles. The molecule has 0 unspecified atom stereocenters. The van der Waals surface area contributed by atoms with Crippen LogP contribution in [0.25, 0.3) is 11.0 Å². The van der Waals surface area contributed by atoms with E-state index in [4.69, 9.17) is 5.73 Å². The van der Waals surface area contributed by atoms with E-state index in [0.29, 0.717) is 22.8 Å². The molecule has 0 bridgehead atoms. The number of H-pyrrole nitrogens is 1. The summed E-state index contributed by atoms with van der Waals surface area (Å²) < 4.78 is 28.3. The normalized spacial score (nSPS) is 14.0. The van der Waals surface area contributed by atoms with Gasteiger partial charge in [-0.25, -0.2) is 18.7 Å². The first kappa shape index (κ1) is 15.5. The maximum absolute atomic E-state index is 14.2. The second-order valence-electron chi connectivity index (χ2n) is 6.13. The number of carbonyl (C=O) groups excluding carboxylic acids is 1. The van der Waals surface area contributed by atoms with Crippen LogP contribution in [-0.4, -0.2) is 27.3 Å². The zero-order valence-electron chi connectivity index (χ0n) is 13.1. The lowest BCUT2D eigenvalue weighted by molar-refractivity contribution is 0.103. The minimum Gasteiger partial charge on any atom is -0.396 e. The van der Waals surface area contributed by atoms with Crippen LogP contribution in [0.15, 0.2) is 24.7 Å². The van der Waals surface area contributed by atoms with E-state index in [0.717, 1.165) is 31.5 Å². The lowest BCUT2D eigenvalue weighted by atomic mass is 10.0. The van der Waals surface area contributed by atoms with Crippen molar-refractivity contribution in [2.24, 2.45) is 5.92 Å². The highest BCUT2D eigenvalue weighted by Crippen LogP contribution is 2.31. The maximum atomic E-state index is 14.2. The fourth-order valence-corrected chi connectivity index (χ4v) is 2.75. The van der Waals surface area contributed by atoms with Gasteiger partial charge in [-0.1, -0.05) is 0 Å². The molecular weight excluding hydrogens is 328 g/mol. The lowest BCUT2D eigenvalue weighted by Crippen LogP contribution is -2.11. The van der Waals surface area contributed by atoms with Crippen molar-refractivity contribution in [2.75, 3.05) is 17.6 Å². The Bertz CT molecular complexity index is 981. The third-order valence-corrected chi connectivity index (χ3v) is 4.32. The van der Waals surface area contributed by atoms with Crippen LogP contribution in [0.1, 0.15) is 28.8 Å². The van der Waals surface area contributed by atoms with Crippen molar-refractivity contribution < 1.29 is 13.6 Å². The summed E-state index contributed by atoms with van der Waals surface area (Å²) in [6.45, 7) is 0.728. The van der Waals surface area contributed by atoms with Gasteiger partial charge in [-0.15, -0.1) is 0 Å². The Morgan fingerprint density at radius 2 is 2.12 bits per heavy atom. The summed E-state index contributed by atoms with van der Waals surface area (Å²) in [5, 5.41) is 3.60. The van der Waals surface area contributed by atoms with E-state index in [1.807, 2.05) is 0 Å². The molecule has 0 amide bonds. The third kappa shape index (κ3) is 2.69. The van der Waals surface area contributed by atoms with Crippen LogP contribution in [0.5, 0.6) is 0 Å². The molecule has 4 N–H and O–H groups in total. The summed E-state index contributed by atoms with van der Waals surface area (Å²) in [5.41, 5.74) is 5.02. The molecule has 6 nitrogen and oxygen atoms in total. The van der Waals surface area contributed by atoms with Crippen LogP contribution in [0.2, 0.25) is 0 Å². The number of anilines is 2. The minimum atomic E-state index is -1.07. The topological polar surface area (TPSA) is 96.7 Å². The summed E-state index contributed by atoms with van der Waals surface area (Å²) in [5.74, 6) is -1.78. The highest BCUT2D eigenvalue weighted by atomic mass is 19.1. The Hall–Kier alpha value is -3.03. The van der Waals surface area contributed by atoms with Crippen molar-refractivity contribution in [2.45, 2.75) is 12.8 Å². The fourth-order valence-electron chi connectivity index (χ4n) is 2.75. The van der Waals surface area contributed by atoms with Crippen LogP contribution in [0, 0.1) is 17.6 Å². The number of carbonyl (C=O) groups is 1. The number of rotatable bonds is 5. The van der Waals surface area contributed by atoms with Crippen LogP contribution in [-0.2, 0) is 0 Å². The Labute approximate surface area is 141 Å². The van der Waals surface area contributed by atoms with E-state index in [1.54, 1.807) is 0 Å². The summed E-state index contributed by atoms with van der Waals surface area (Å²) in [6, 6.07) is 2.06. The van der Waals surface area contributed by atoms with Crippen LogP contribution >= 0.6 is 0 Å². The number of aromatic amines is 1. The van der Waals surface area contributed by atoms with Crippen molar-refractivity contribution in [1.82, 2.24) is 15.0 Å². The van der Waals surface area contributed by atoms with E-state index in [9.17, 15) is 13.6 Å². The number of hydrogen-bond donors (Lipinski definition) is 3. The van der Waals surface area contributed by atoms with Crippen molar-refractivity contribution in [3.05, 3.63) is 47.4 Å². The third-order valence-electron chi connectivity index (χ3n) is 4.32. The molecule has 25 heavy (non-hydrogen) atoms. The van der Waals surface area contributed by atoms with Crippen molar-refractivity contribution in [3.63, 3.8) is 0 Å². The van der Waals surface area contributed by atoms with Crippen molar-refractivity contribution >= 4 is 28.3 Å². The van der Waals surface area contributed by atoms with Gasteiger partial charge in [0.15, 0.2) is 5.82 Å². The number of nitrogens with two attached hydrogens (primary N) is 1. The molecule has 0 radical (unpaired) electrons. The first-order valence-electron chi connectivity index (χ1n) is 7.90. The van der Waals surface area contributed by atoms with E-state index >= 15 is 0 Å². The summed E-state index contributed by atoms with van der Waals surface area (Å²) >= 11 is 0. The second-order valence-corrected chi connectivity index (χ2v) is 6.13. The zero-order valence-corrected chi connectivity index (χ0v) is 13.1. The lowest BCUT2D eigenvalue weighted by Gasteiger charge is -2.08. The molecule has 0 atom stereocenters. The van der Waals surface area contributed by atoms with Crippen LogP contribution in [0.3, 0.4) is 0 Å². The number of halogens is 2. The smallest absolute Gasteiger partial charge is 0.201 e. The van der Waals surface area contributed by atoms with Gasteiger partial charge in [0, 0.05) is 12.7 Å². The largest absolute Gasteiger partial charge is 0.396 e. The predicted molar refractivity (Wildman–Crippen MR) is 89.3 cm³/mol. The average Bonchev–Trinajstić information content (AvgIpc) is 3.33. The number of nitrogen functional groups attached to an aromatic ring is 1. The molecule has 2 aromatic heterocycles. The number of nitrogens with one attached hydrogen (secondary N) is 2. The molecule has 1 fully saturated rings. The van der Waals surface area contributed by atoms with Gasteiger partial charge in [0.25, 0.3) is 0 Å². The van der Waals surface area contributed by atoms with Crippen molar-refractivity contribution in [3.8, 4) is 0 Å². The Morgan fingerprint density at radius 1 is 1.32 bits per heavy atom. The molecular formula is C17H15F2N5O. The molecule has 8 heteroatoms. The number of nitrogens with zero attached hydrogens (tertiary/aromatic N) is 2. The van der Waals surface area contributed by atoms with Gasteiger partial charge in [-0.05, 0) is 30.9 Å². The Kier molecular flexibility index (Phi) is 3.60. The predicted octanol–water partition coefficient (Wildman–Crippen LogP) is 2.87. The first-order chi connectivity index (χ1) is 12.1. The maximum Gasteiger partial charge on any atom is 0.201 e. The van der Waals surface area contributed by atoms with E-state index < -0.39 is 23.0 Å². The molecule has 0 spiro atoms. The summed E-state index contributed by atoms with van der Waals surface area (Å²) in [4.78, 5) is 23.9. The highest BCUT2D eigenvalue weighted by Gasteiger charge is 2.26. The number of fused-ring (bicyclic) bond motifs is 1. The van der Waals surface area contributed by atoms with Gasteiger partial charge in [0.1, 0.15) is 23.6 Å². The molecule has 4 rings (SSSR count). The SMILES string of the molecule is Nc1ccc(F)c(C(=O)c2c[nH]c3ncnc(NCC4CC4)c23)c1F. The van der Waals surface area contributed by atoms with E-state index in [1.165, 1.54) is 12.5 Å². The first-order valence-corrected chi connectivity index (χ1v) is 7.90. The molecule has 1 aromatic carbocycles. The van der Waals surface area contributed by atoms with Gasteiger partial charge in [0.05, 0.1) is 22.2 Å². The number of ketones is 1. The number of aromatic nitrogens is 3. The van der Waals surface area contributed by atoms with Gasteiger partial charge in [-0.3, -0.25) is 4.79 Å². The standard InChI is InChI=1S/C17H15F2N5O/c18-10-3-4-11(20)14(19)13(10)15(25)9-6-22-17-12(9)16(23-7-24-17)21-5-8-1-2-8/h3-4,6-8H,1-2,5,20H2,(H2,21,22,23,24). The molecule has 2 heterocycles. The van der Waals surface area contributed by atoms with Gasteiger partial charge >= 0.3 is 0 Å². The molecule has 0 saturated heterocycles. The second kappa shape index (κ2) is 5.80. The number of hydrogen-bond acceptors (Lipinski definition) is 5. The molecule has 128 valence electrons. The average molecular weight is 343 g/mol. The summed E-state index contributed by atoms with van der Waals surface area (Å²) in [7, 11) is 0. The minimum absolute atomic E-state index is 0.0947. The van der Waals surface area contributed by atoms with Crippen LogP contribution < -0.4 is 11.1 Å². The highest BCUT2D eigenvalue weighted by molar-refractivity contribution is 6.18. The number of benzene rings is 1. The Balaban J connectivity index is 1.81. The van der Waals surface area contributed by atoms with Gasteiger partial charge < -0.3 is 16.0 Å². The van der Waals surface area contributed by atoms with Gasteiger partial charge in [0.2, 0.25) is 5.78 Å². The summed E-state index contributed by atoms with van der Waals surface area (Å²) in [6.07, 6.45) is 5.05. The van der Waals surface area contributed by atoms with Gasteiger partial charge in [-0.2, -0.15) is 0 Å².